The zero-order valence-corrected chi connectivity index (χ0v) is 19.8. The predicted octanol–water partition coefficient (Wildman–Crippen LogP) is 4.23. The van der Waals surface area contributed by atoms with Crippen LogP contribution in [0.15, 0.2) is 76.2 Å². The lowest BCUT2D eigenvalue weighted by atomic mass is 10.2. The number of benzene rings is 2. The molecular weight excluding hydrogens is 468 g/mol. The van der Waals surface area contributed by atoms with Crippen molar-refractivity contribution in [2.45, 2.75) is 20.4 Å². The average Bonchev–Trinajstić information content (AvgIpc) is 3.45. The lowest BCUT2D eigenvalue weighted by molar-refractivity contribution is -0.119. The first-order valence-electron chi connectivity index (χ1n) is 11.0. The molecule has 9 nitrogen and oxygen atoms in total. The second-order valence-corrected chi connectivity index (χ2v) is 8.40. The van der Waals surface area contributed by atoms with Gasteiger partial charge in [-0.15, -0.1) is 5.10 Å². The van der Waals surface area contributed by atoms with Crippen molar-refractivity contribution in [2.24, 2.45) is 0 Å². The minimum Gasteiger partial charge on any atom is -0.333 e. The van der Waals surface area contributed by atoms with Crippen LogP contribution in [0.3, 0.4) is 0 Å². The van der Waals surface area contributed by atoms with E-state index in [1.54, 1.807) is 41.4 Å². The molecule has 1 amide bonds. The van der Waals surface area contributed by atoms with Crippen LogP contribution in [0, 0.1) is 6.92 Å². The Balaban J connectivity index is 1.48. The summed E-state index contributed by atoms with van der Waals surface area (Å²) < 4.78 is 7.97. The Morgan fingerprint density at radius 3 is 2.71 bits per heavy atom. The molecule has 0 saturated heterocycles. The van der Waals surface area contributed by atoms with E-state index in [1.165, 1.54) is 4.40 Å². The summed E-state index contributed by atoms with van der Waals surface area (Å²) in [6.07, 6.45) is 1.58. The summed E-state index contributed by atoms with van der Waals surface area (Å²) in [6.45, 7) is 4.10. The number of carbonyl (C=O) groups is 1. The Morgan fingerprint density at radius 2 is 1.94 bits per heavy atom. The molecule has 3 aromatic heterocycles. The third-order valence-electron chi connectivity index (χ3n) is 5.56. The van der Waals surface area contributed by atoms with Gasteiger partial charge in [-0.05, 0) is 55.8 Å². The number of carbonyl (C=O) groups excluding carboxylic acids is 1. The van der Waals surface area contributed by atoms with Crippen LogP contribution in [-0.2, 0) is 11.3 Å². The molecule has 0 aliphatic heterocycles. The van der Waals surface area contributed by atoms with Gasteiger partial charge < -0.3 is 9.42 Å². The number of fused-ring (bicyclic) bond motifs is 1. The number of halogens is 1. The van der Waals surface area contributed by atoms with Crippen LogP contribution in [0.5, 0.6) is 0 Å². The number of nitrogens with zero attached hydrogens (tertiary/aromatic N) is 6. The van der Waals surface area contributed by atoms with Gasteiger partial charge in [-0.1, -0.05) is 41.0 Å². The second-order valence-electron chi connectivity index (χ2n) is 7.97. The number of anilines is 1. The molecule has 2 aromatic carbocycles. The molecule has 0 aliphatic rings. The van der Waals surface area contributed by atoms with Gasteiger partial charge in [0.2, 0.25) is 11.7 Å². The van der Waals surface area contributed by atoms with Gasteiger partial charge in [0.15, 0.2) is 5.65 Å². The normalized spacial score (nSPS) is 11.2. The monoisotopic (exact) mass is 488 g/mol. The fourth-order valence-electron chi connectivity index (χ4n) is 3.90. The molecular formula is C25H21ClN6O3. The fraction of sp³-hybridized carbons (Fsp3) is 0.160. The summed E-state index contributed by atoms with van der Waals surface area (Å²) in [5, 5.41) is 9.01. The number of likely N-dealkylation sites (N-methyl/N-ethyl adjacent to an activating group) is 1. The minimum absolute atomic E-state index is 0.198. The van der Waals surface area contributed by atoms with E-state index in [1.807, 2.05) is 44.2 Å². The van der Waals surface area contributed by atoms with Crippen LogP contribution in [0.25, 0.3) is 28.5 Å². The highest BCUT2D eigenvalue weighted by Crippen LogP contribution is 2.26. The Hall–Kier alpha value is -4.24. The van der Waals surface area contributed by atoms with Gasteiger partial charge in [0.25, 0.3) is 5.89 Å². The lowest BCUT2D eigenvalue weighted by Gasteiger charge is -2.21. The maximum absolute atomic E-state index is 13.1. The summed E-state index contributed by atoms with van der Waals surface area (Å²) in [6, 6.07) is 18.2. The maximum Gasteiger partial charge on any atom is 0.350 e. The first-order valence-corrected chi connectivity index (χ1v) is 11.4. The Kier molecular flexibility index (Phi) is 5.92. The maximum atomic E-state index is 13.1. The second kappa shape index (κ2) is 9.19. The van der Waals surface area contributed by atoms with E-state index in [0.717, 1.165) is 15.9 Å². The Labute approximate surface area is 205 Å². The summed E-state index contributed by atoms with van der Waals surface area (Å²) in [7, 11) is 0. The summed E-state index contributed by atoms with van der Waals surface area (Å²) in [5.41, 5.74) is 2.86. The number of hydrogen-bond donors (Lipinski definition) is 0. The van der Waals surface area contributed by atoms with Gasteiger partial charge in [-0.3, -0.25) is 4.79 Å². The quantitative estimate of drug-likeness (QED) is 0.355. The largest absolute Gasteiger partial charge is 0.350 e. The molecule has 5 rings (SSSR count). The first-order chi connectivity index (χ1) is 16.9. The van der Waals surface area contributed by atoms with Crippen LogP contribution in [0.2, 0.25) is 5.02 Å². The third-order valence-corrected chi connectivity index (χ3v) is 5.80. The SMILES string of the molecule is CCN(C(=O)Cn1nc2c(-c3nc(-c4cccc(Cl)c4)no3)cccn2c1=O)c1cccc(C)c1. The van der Waals surface area contributed by atoms with Crippen LogP contribution in [0.4, 0.5) is 5.69 Å². The standard InChI is InChI=1S/C25H21ClN6O3/c1-3-30(19-10-4-7-16(2)13-19)21(33)15-32-25(34)31-12-6-11-20(23(31)28-32)24-27-22(29-35-24)17-8-5-9-18(26)14-17/h4-14H,3,15H2,1-2H3. The van der Waals surface area contributed by atoms with Crippen molar-refractivity contribution in [1.82, 2.24) is 24.3 Å². The van der Waals surface area contributed by atoms with Crippen LogP contribution in [-0.4, -0.2) is 36.8 Å². The zero-order valence-electron chi connectivity index (χ0n) is 19.1. The molecule has 10 heteroatoms. The van der Waals surface area contributed by atoms with E-state index in [0.29, 0.717) is 34.2 Å². The minimum atomic E-state index is -0.440. The van der Waals surface area contributed by atoms with Crippen LogP contribution >= 0.6 is 11.6 Å². The molecule has 0 saturated carbocycles. The molecule has 0 unspecified atom stereocenters. The average molecular weight is 489 g/mol. The van der Waals surface area contributed by atoms with E-state index >= 15 is 0 Å². The van der Waals surface area contributed by atoms with E-state index in [4.69, 9.17) is 16.1 Å². The first kappa shape index (κ1) is 22.5. The van der Waals surface area contributed by atoms with Crippen molar-refractivity contribution in [3.63, 3.8) is 0 Å². The summed E-state index contributed by atoms with van der Waals surface area (Å²) >= 11 is 6.07. The molecule has 35 heavy (non-hydrogen) atoms. The van der Waals surface area contributed by atoms with Crippen molar-refractivity contribution in [2.75, 3.05) is 11.4 Å². The molecule has 0 radical (unpaired) electrons. The van der Waals surface area contributed by atoms with E-state index < -0.39 is 5.69 Å². The van der Waals surface area contributed by atoms with Crippen molar-refractivity contribution >= 4 is 28.8 Å². The van der Waals surface area contributed by atoms with Crippen molar-refractivity contribution in [3.05, 3.63) is 87.9 Å². The highest BCUT2D eigenvalue weighted by Gasteiger charge is 2.21. The van der Waals surface area contributed by atoms with Crippen molar-refractivity contribution in [1.29, 1.82) is 0 Å². The van der Waals surface area contributed by atoms with Crippen LogP contribution < -0.4 is 10.6 Å². The zero-order chi connectivity index (χ0) is 24.5. The van der Waals surface area contributed by atoms with E-state index in [9.17, 15) is 9.59 Å². The van der Waals surface area contributed by atoms with E-state index in [-0.39, 0.29) is 18.3 Å². The highest BCUT2D eigenvalue weighted by atomic mass is 35.5. The smallest absolute Gasteiger partial charge is 0.333 e. The van der Waals surface area contributed by atoms with Gasteiger partial charge in [-0.25, -0.2) is 13.9 Å². The van der Waals surface area contributed by atoms with Crippen molar-refractivity contribution in [3.8, 4) is 22.8 Å². The third kappa shape index (κ3) is 4.33. The molecule has 0 spiro atoms. The molecule has 176 valence electrons. The van der Waals surface area contributed by atoms with Gasteiger partial charge in [0.05, 0.1) is 5.56 Å². The number of hydrogen-bond acceptors (Lipinski definition) is 6. The van der Waals surface area contributed by atoms with Gasteiger partial charge in [-0.2, -0.15) is 4.98 Å². The number of amides is 1. The highest BCUT2D eigenvalue weighted by molar-refractivity contribution is 6.30. The molecule has 5 aromatic rings. The van der Waals surface area contributed by atoms with Gasteiger partial charge >= 0.3 is 5.69 Å². The lowest BCUT2D eigenvalue weighted by Crippen LogP contribution is -2.36. The fourth-order valence-corrected chi connectivity index (χ4v) is 4.09. The van der Waals surface area contributed by atoms with Gasteiger partial charge in [0.1, 0.15) is 6.54 Å². The molecule has 0 atom stereocenters. The number of rotatable bonds is 6. The number of aryl methyl sites for hydroxylation is 1. The summed E-state index contributed by atoms with van der Waals surface area (Å²) in [5.74, 6) is 0.313. The Morgan fingerprint density at radius 1 is 1.11 bits per heavy atom. The van der Waals surface area contributed by atoms with Gasteiger partial charge in [0, 0.05) is 29.0 Å². The summed E-state index contributed by atoms with van der Waals surface area (Å²) in [4.78, 5) is 32.2. The number of pyridine rings is 1. The van der Waals surface area contributed by atoms with Crippen LogP contribution in [0.1, 0.15) is 12.5 Å². The molecule has 3 heterocycles. The topological polar surface area (TPSA) is 98.5 Å². The Bertz CT molecular complexity index is 1600. The molecule has 0 fully saturated rings. The van der Waals surface area contributed by atoms with Crippen molar-refractivity contribution < 1.29 is 9.32 Å². The van der Waals surface area contributed by atoms with E-state index in [2.05, 4.69) is 15.2 Å². The number of aromatic nitrogens is 5. The molecule has 0 aliphatic carbocycles. The molecule has 0 bridgehead atoms. The predicted molar refractivity (Wildman–Crippen MR) is 132 cm³/mol. The molecule has 0 N–H and O–H groups in total.